The van der Waals surface area contributed by atoms with Gasteiger partial charge in [0.25, 0.3) is 5.91 Å². The predicted molar refractivity (Wildman–Crippen MR) is 127 cm³/mol. The van der Waals surface area contributed by atoms with Crippen LogP contribution < -0.4 is 15.0 Å². The van der Waals surface area contributed by atoms with Crippen LogP contribution in [0.5, 0.6) is 5.75 Å². The Balaban J connectivity index is 1.29. The van der Waals surface area contributed by atoms with E-state index in [1.807, 2.05) is 30.3 Å². The molecule has 4 rings (SSSR count). The van der Waals surface area contributed by atoms with E-state index in [1.54, 1.807) is 18.3 Å². The Bertz CT molecular complexity index is 931. The lowest BCUT2D eigenvalue weighted by atomic mass is 10.1. The number of nitrogens with one attached hydrogen (secondary N) is 1. The van der Waals surface area contributed by atoms with Gasteiger partial charge in [-0.25, -0.2) is 4.98 Å². The molecule has 0 saturated carbocycles. The molecule has 0 aliphatic carbocycles. The lowest BCUT2D eigenvalue weighted by Crippen LogP contribution is -2.48. The van der Waals surface area contributed by atoms with E-state index in [9.17, 15) is 9.59 Å². The topological polar surface area (TPSA) is 78.0 Å². The van der Waals surface area contributed by atoms with Crippen LogP contribution >= 0.6 is 0 Å². The summed E-state index contributed by atoms with van der Waals surface area (Å²) in [6, 6.07) is 12.9. The number of ether oxygens (including phenoxy) is 1. The van der Waals surface area contributed by atoms with Crippen LogP contribution in [-0.4, -0.2) is 79.0 Å². The van der Waals surface area contributed by atoms with Gasteiger partial charge in [-0.1, -0.05) is 37.3 Å². The summed E-state index contributed by atoms with van der Waals surface area (Å²) >= 11 is 0. The number of hydrogen-bond donors (Lipinski definition) is 1. The second kappa shape index (κ2) is 11.2. The van der Waals surface area contributed by atoms with Crippen molar-refractivity contribution in [3.8, 4) is 5.75 Å². The number of fused-ring (bicyclic) bond motifs is 1. The molecule has 1 saturated heterocycles. The molecule has 2 aliphatic heterocycles. The highest BCUT2D eigenvalue weighted by atomic mass is 16.5. The highest BCUT2D eigenvalue weighted by Crippen LogP contribution is 2.36. The number of pyridine rings is 1. The van der Waals surface area contributed by atoms with Crippen molar-refractivity contribution in [3.05, 3.63) is 54.2 Å². The van der Waals surface area contributed by atoms with Gasteiger partial charge >= 0.3 is 0 Å². The molecule has 8 nitrogen and oxygen atoms in total. The smallest absolute Gasteiger partial charge is 0.274 e. The summed E-state index contributed by atoms with van der Waals surface area (Å²) < 4.78 is 5.94. The molecule has 1 N–H and O–H groups in total. The molecule has 1 aromatic carbocycles. The fourth-order valence-electron chi connectivity index (χ4n) is 4.37. The lowest BCUT2D eigenvalue weighted by molar-refractivity contribution is -0.129. The van der Waals surface area contributed by atoms with Crippen LogP contribution in [0.1, 0.15) is 31.4 Å². The first-order chi connectivity index (χ1) is 16.2. The molecule has 0 unspecified atom stereocenters. The number of nitrogens with zero attached hydrogens (tertiary/aromatic N) is 4. The SMILES string of the molecule is CCCN1CCN(CCCNC(=O)CN2C(=O)[C@@H](c3ccccc3)Oc3cccnc32)CC1. The summed E-state index contributed by atoms with van der Waals surface area (Å²) in [6.07, 6.45) is 2.90. The standard InChI is InChI=1S/C25H33N5O3/c1-2-13-28-15-17-29(18-16-28)14-7-12-26-22(31)19-30-24-21(10-6-11-27-24)33-23(25(30)32)20-8-4-3-5-9-20/h3-6,8-11,23H,2,7,12-19H2,1H3,(H,26,31)/t23-/m1/s1. The van der Waals surface area contributed by atoms with Gasteiger partial charge in [0.05, 0.1) is 0 Å². The molecule has 0 radical (unpaired) electrons. The van der Waals surface area contributed by atoms with Gasteiger partial charge in [-0.2, -0.15) is 0 Å². The van der Waals surface area contributed by atoms with Crippen molar-refractivity contribution in [3.63, 3.8) is 0 Å². The van der Waals surface area contributed by atoms with Crippen molar-refractivity contribution in [2.24, 2.45) is 0 Å². The molecule has 0 spiro atoms. The van der Waals surface area contributed by atoms with Crippen molar-refractivity contribution in [2.75, 3.05) is 57.3 Å². The maximum atomic E-state index is 13.2. The van der Waals surface area contributed by atoms with Crippen LogP contribution in [0.3, 0.4) is 0 Å². The summed E-state index contributed by atoms with van der Waals surface area (Å²) in [5, 5.41) is 2.97. The summed E-state index contributed by atoms with van der Waals surface area (Å²) in [7, 11) is 0. The molecule has 0 bridgehead atoms. The van der Waals surface area contributed by atoms with Gasteiger partial charge in [0.2, 0.25) is 12.0 Å². The molecule has 2 aromatic rings. The third kappa shape index (κ3) is 5.89. The number of rotatable bonds is 9. The zero-order chi connectivity index (χ0) is 23.0. The first kappa shape index (κ1) is 23.2. The van der Waals surface area contributed by atoms with Crippen LogP contribution in [0.4, 0.5) is 5.82 Å². The average Bonchev–Trinajstić information content (AvgIpc) is 2.85. The number of amides is 2. The molecule has 33 heavy (non-hydrogen) atoms. The Morgan fingerprint density at radius 2 is 1.79 bits per heavy atom. The van der Waals surface area contributed by atoms with Gasteiger partial charge in [0, 0.05) is 44.5 Å². The number of aromatic nitrogens is 1. The Hall–Kier alpha value is -2.97. The molecular weight excluding hydrogens is 418 g/mol. The molecule has 1 fully saturated rings. The van der Waals surface area contributed by atoms with E-state index in [-0.39, 0.29) is 18.4 Å². The number of benzene rings is 1. The molecule has 1 aromatic heterocycles. The fraction of sp³-hybridized carbons (Fsp3) is 0.480. The van der Waals surface area contributed by atoms with Crippen molar-refractivity contribution >= 4 is 17.6 Å². The Labute approximate surface area is 195 Å². The normalized spacial score (nSPS) is 19.1. The van der Waals surface area contributed by atoms with E-state index in [0.29, 0.717) is 18.1 Å². The van der Waals surface area contributed by atoms with Crippen molar-refractivity contribution in [1.82, 2.24) is 20.1 Å². The molecule has 2 amide bonds. The summed E-state index contributed by atoms with van der Waals surface area (Å²) in [5.74, 6) is 0.407. The summed E-state index contributed by atoms with van der Waals surface area (Å²) in [6.45, 7) is 9.28. The van der Waals surface area contributed by atoms with Crippen LogP contribution in [0.2, 0.25) is 0 Å². The summed E-state index contributed by atoms with van der Waals surface area (Å²) in [5.41, 5.74) is 0.751. The lowest BCUT2D eigenvalue weighted by Gasteiger charge is -2.34. The van der Waals surface area contributed by atoms with E-state index < -0.39 is 6.10 Å². The minimum Gasteiger partial charge on any atom is -0.472 e. The molecule has 2 aliphatic rings. The Morgan fingerprint density at radius 1 is 1.06 bits per heavy atom. The van der Waals surface area contributed by atoms with Gasteiger partial charge in [-0.05, 0) is 38.1 Å². The second-order valence-electron chi connectivity index (χ2n) is 8.54. The number of carbonyl (C=O) groups is 2. The Kier molecular flexibility index (Phi) is 7.91. The fourth-order valence-corrected chi connectivity index (χ4v) is 4.37. The number of anilines is 1. The molecule has 1 atom stereocenters. The van der Waals surface area contributed by atoms with Gasteiger partial charge in [-0.15, -0.1) is 0 Å². The van der Waals surface area contributed by atoms with E-state index >= 15 is 0 Å². The minimum absolute atomic E-state index is 0.0781. The molecule has 3 heterocycles. The highest BCUT2D eigenvalue weighted by Gasteiger charge is 2.37. The monoisotopic (exact) mass is 451 g/mol. The van der Waals surface area contributed by atoms with Gasteiger partial charge in [-0.3, -0.25) is 14.5 Å². The highest BCUT2D eigenvalue weighted by molar-refractivity contribution is 6.03. The van der Waals surface area contributed by atoms with Crippen molar-refractivity contribution < 1.29 is 14.3 Å². The zero-order valence-electron chi connectivity index (χ0n) is 19.3. The third-order valence-corrected chi connectivity index (χ3v) is 6.12. The number of piperazine rings is 1. The first-order valence-corrected chi connectivity index (χ1v) is 11.8. The van der Waals surface area contributed by atoms with Crippen LogP contribution in [0, 0.1) is 0 Å². The van der Waals surface area contributed by atoms with Crippen LogP contribution in [0.25, 0.3) is 0 Å². The average molecular weight is 452 g/mol. The van der Waals surface area contributed by atoms with Crippen LogP contribution in [-0.2, 0) is 9.59 Å². The van der Waals surface area contributed by atoms with E-state index in [1.165, 1.54) is 17.9 Å². The quantitative estimate of drug-likeness (QED) is 0.589. The van der Waals surface area contributed by atoms with Gasteiger partial charge in [0.15, 0.2) is 11.6 Å². The van der Waals surface area contributed by atoms with E-state index in [2.05, 4.69) is 27.0 Å². The van der Waals surface area contributed by atoms with Crippen molar-refractivity contribution in [1.29, 1.82) is 0 Å². The maximum absolute atomic E-state index is 13.2. The number of carbonyl (C=O) groups excluding carboxylic acids is 2. The van der Waals surface area contributed by atoms with Gasteiger partial charge < -0.3 is 19.9 Å². The predicted octanol–water partition coefficient (Wildman–Crippen LogP) is 2.08. The molecule has 176 valence electrons. The zero-order valence-corrected chi connectivity index (χ0v) is 19.3. The number of hydrogen-bond acceptors (Lipinski definition) is 6. The van der Waals surface area contributed by atoms with Crippen LogP contribution in [0.15, 0.2) is 48.7 Å². The third-order valence-electron chi connectivity index (χ3n) is 6.12. The molecule has 8 heteroatoms. The second-order valence-corrected chi connectivity index (χ2v) is 8.54. The summed E-state index contributed by atoms with van der Waals surface area (Å²) in [4.78, 5) is 36.6. The maximum Gasteiger partial charge on any atom is 0.274 e. The Morgan fingerprint density at radius 3 is 2.52 bits per heavy atom. The molecular formula is C25H33N5O3. The van der Waals surface area contributed by atoms with Gasteiger partial charge in [0.1, 0.15) is 6.54 Å². The first-order valence-electron chi connectivity index (χ1n) is 11.8. The largest absolute Gasteiger partial charge is 0.472 e. The van der Waals surface area contributed by atoms with Crippen molar-refractivity contribution in [2.45, 2.75) is 25.9 Å². The minimum atomic E-state index is -0.790. The van der Waals surface area contributed by atoms with E-state index in [4.69, 9.17) is 4.74 Å². The van der Waals surface area contributed by atoms with E-state index in [0.717, 1.165) is 44.7 Å².